The van der Waals surface area contributed by atoms with E-state index in [0.717, 1.165) is 16.1 Å². The molecule has 0 spiro atoms. The lowest BCUT2D eigenvalue weighted by molar-refractivity contribution is 0.302. The van der Waals surface area contributed by atoms with Crippen LogP contribution < -0.4 is 15.2 Å². The highest BCUT2D eigenvalue weighted by Crippen LogP contribution is 2.32. The van der Waals surface area contributed by atoms with Crippen LogP contribution in [0.5, 0.6) is 11.5 Å². The maximum absolute atomic E-state index is 5.88. The smallest absolute Gasteiger partial charge is 0.161 e. The van der Waals surface area contributed by atoms with Gasteiger partial charge < -0.3 is 15.2 Å². The monoisotopic (exact) mass is 277 g/mol. The van der Waals surface area contributed by atoms with Gasteiger partial charge in [0.05, 0.1) is 7.11 Å². The Morgan fingerprint density at radius 2 is 1.68 bits per heavy atom. The first-order valence-corrected chi connectivity index (χ1v) is 6.39. The molecule has 2 rings (SSSR count). The molecule has 100 valence electrons. The first-order chi connectivity index (χ1) is 9.24. The molecule has 0 saturated carbocycles. The molecule has 19 heavy (non-hydrogen) atoms. The van der Waals surface area contributed by atoms with Gasteiger partial charge in [0.2, 0.25) is 0 Å². The lowest BCUT2D eigenvalue weighted by atomic mass is 10.1. The van der Waals surface area contributed by atoms with Gasteiger partial charge in [-0.3, -0.25) is 0 Å². The fourth-order valence-electron chi connectivity index (χ4n) is 1.78. The van der Waals surface area contributed by atoms with E-state index >= 15 is 0 Å². The lowest BCUT2D eigenvalue weighted by Crippen LogP contribution is -2.11. The number of hydrogen-bond acceptors (Lipinski definition) is 3. The van der Waals surface area contributed by atoms with Gasteiger partial charge in [-0.2, -0.15) is 0 Å². The number of ether oxygens (including phenoxy) is 2. The zero-order valence-corrected chi connectivity index (χ0v) is 11.5. The molecular formula is C15H16ClNO2. The molecule has 2 aromatic carbocycles. The maximum atomic E-state index is 5.88. The van der Waals surface area contributed by atoms with Crippen molar-refractivity contribution in [1.82, 2.24) is 0 Å². The fraction of sp³-hybridized carbons (Fsp3) is 0.200. The van der Waals surface area contributed by atoms with Crippen LogP contribution in [0.25, 0.3) is 11.1 Å². The van der Waals surface area contributed by atoms with Crippen LogP contribution in [0, 0.1) is 0 Å². The molecule has 0 aliphatic carbocycles. The summed E-state index contributed by atoms with van der Waals surface area (Å²) < 4.78 is 10.9. The Bertz CT molecular complexity index is 540. The summed E-state index contributed by atoms with van der Waals surface area (Å²) in [6, 6.07) is 13.5. The van der Waals surface area contributed by atoms with Gasteiger partial charge in [-0.05, 0) is 35.4 Å². The van der Waals surface area contributed by atoms with Gasteiger partial charge in [-0.25, -0.2) is 0 Å². The Labute approximate surface area is 117 Å². The highest BCUT2D eigenvalue weighted by Gasteiger charge is 2.07. The second-order valence-corrected chi connectivity index (χ2v) is 4.45. The molecule has 0 aromatic heterocycles. The molecule has 0 saturated heterocycles. The molecule has 0 aliphatic heterocycles. The fourth-order valence-corrected chi connectivity index (χ4v) is 1.90. The van der Waals surface area contributed by atoms with Gasteiger partial charge in [0.15, 0.2) is 11.5 Å². The van der Waals surface area contributed by atoms with Gasteiger partial charge in [-0.1, -0.05) is 29.8 Å². The first-order valence-electron chi connectivity index (χ1n) is 6.01. The third-order valence-corrected chi connectivity index (χ3v) is 2.97. The molecule has 3 nitrogen and oxygen atoms in total. The van der Waals surface area contributed by atoms with E-state index in [-0.39, 0.29) is 0 Å². The number of halogens is 1. The molecule has 4 heteroatoms. The van der Waals surface area contributed by atoms with Gasteiger partial charge in [0.1, 0.15) is 6.61 Å². The predicted octanol–water partition coefficient (Wildman–Crippen LogP) is 3.35. The Hall–Kier alpha value is -1.71. The van der Waals surface area contributed by atoms with Crippen molar-refractivity contribution < 1.29 is 9.47 Å². The largest absolute Gasteiger partial charge is 0.493 e. The molecule has 0 unspecified atom stereocenters. The van der Waals surface area contributed by atoms with E-state index in [2.05, 4.69) is 0 Å². The number of methoxy groups -OCH3 is 1. The number of benzene rings is 2. The minimum Gasteiger partial charge on any atom is -0.493 e. The summed E-state index contributed by atoms with van der Waals surface area (Å²) in [5.74, 6) is 1.39. The summed E-state index contributed by atoms with van der Waals surface area (Å²) in [6.45, 7) is 0.943. The maximum Gasteiger partial charge on any atom is 0.161 e. The van der Waals surface area contributed by atoms with Crippen molar-refractivity contribution in [3.05, 3.63) is 47.5 Å². The highest BCUT2D eigenvalue weighted by atomic mass is 35.5. The van der Waals surface area contributed by atoms with E-state index in [1.54, 1.807) is 7.11 Å². The average molecular weight is 278 g/mol. The topological polar surface area (TPSA) is 44.5 Å². The summed E-state index contributed by atoms with van der Waals surface area (Å²) >= 11 is 5.88. The van der Waals surface area contributed by atoms with Crippen LogP contribution >= 0.6 is 11.6 Å². The molecule has 0 aliphatic rings. The number of rotatable bonds is 5. The quantitative estimate of drug-likeness (QED) is 0.911. The van der Waals surface area contributed by atoms with E-state index < -0.39 is 0 Å². The lowest BCUT2D eigenvalue weighted by Gasteiger charge is -2.11. The summed E-state index contributed by atoms with van der Waals surface area (Å²) in [5.41, 5.74) is 7.55. The zero-order chi connectivity index (χ0) is 13.7. The summed E-state index contributed by atoms with van der Waals surface area (Å²) in [6.07, 6.45) is 0. The van der Waals surface area contributed by atoms with Crippen LogP contribution in [0.4, 0.5) is 0 Å². The van der Waals surface area contributed by atoms with E-state index in [1.165, 1.54) is 0 Å². The van der Waals surface area contributed by atoms with Crippen molar-refractivity contribution in [2.75, 3.05) is 20.3 Å². The molecule has 0 radical (unpaired) electrons. The van der Waals surface area contributed by atoms with Crippen molar-refractivity contribution in [3.63, 3.8) is 0 Å². The molecule has 2 N–H and O–H groups in total. The van der Waals surface area contributed by atoms with Crippen LogP contribution in [0.15, 0.2) is 42.5 Å². The van der Waals surface area contributed by atoms with E-state index in [1.807, 2.05) is 42.5 Å². The Kier molecular flexibility index (Phi) is 4.66. The van der Waals surface area contributed by atoms with Crippen molar-refractivity contribution in [2.24, 2.45) is 5.73 Å². The van der Waals surface area contributed by atoms with Crippen LogP contribution in [0.1, 0.15) is 0 Å². The normalized spacial score (nSPS) is 10.3. The van der Waals surface area contributed by atoms with Crippen molar-refractivity contribution in [1.29, 1.82) is 0 Å². The van der Waals surface area contributed by atoms with Crippen LogP contribution in [0.3, 0.4) is 0 Å². The number of hydrogen-bond donors (Lipinski definition) is 1. The third-order valence-electron chi connectivity index (χ3n) is 2.72. The van der Waals surface area contributed by atoms with E-state index in [0.29, 0.717) is 24.7 Å². The van der Waals surface area contributed by atoms with Gasteiger partial charge in [-0.15, -0.1) is 0 Å². The summed E-state index contributed by atoms with van der Waals surface area (Å²) in [5, 5.41) is 0.721. The molecule has 2 aromatic rings. The van der Waals surface area contributed by atoms with E-state index in [9.17, 15) is 0 Å². The molecule has 0 heterocycles. The Morgan fingerprint density at radius 1 is 1.00 bits per heavy atom. The van der Waals surface area contributed by atoms with Crippen LogP contribution in [-0.2, 0) is 0 Å². The molecule has 0 fully saturated rings. The third kappa shape index (κ3) is 3.40. The second kappa shape index (κ2) is 6.45. The molecule has 0 bridgehead atoms. The minimum atomic E-state index is 0.469. The Balaban J connectivity index is 2.30. The Morgan fingerprint density at radius 3 is 2.32 bits per heavy atom. The first kappa shape index (κ1) is 13.7. The number of nitrogens with two attached hydrogens (primary N) is 1. The van der Waals surface area contributed by atoms with Gasteiger partial charge in [0, 0.05) is 11.6 Å². The van der Waals surface area contributed by atoms with Crippen LogP contribution in [0.2, 0.25) is 5.02 Å². The standard InChI is InChI=1S/C15H16ClNO2/c1-18-15-10-12(4-7-14(15)19-9-8-17)11-2-5-13(16)6-3-11/h2-7,10H,8-9,17H2,1H3. The predicted molar refractivity (Wildman–Crippen MR) is 78.0 cm³/mol. The molecule has 0 atom stereocenters. The van der Waals surface area contributed by atoms with Crippen molar-refractivity contribution in [2.45, 2.75) is 0 Å². The molecular weight excluding hydrogens is 262 g/mol. The zero-order valence-electron chi connectivity index (χ0n) is 10.7. The average Bonchev–Trinajstić information content (AvgIpc) is 2.46. The van der Waals surface area contributed by atoms with Crippen molar-refractivity contribution >= 4 is 11.6 Å². The molecule has 0 amide bonds. The minimum absolute atomic E-state index is 0.469. The van der Waals surface area contributed by atoms with E-state index in [4.69, 9.17) is 26.8 Å². The van der Waals surface area contributed by atoms with Crippen LogP contribution in [-0.4, -0.2) is 20.3 Å². The summed E-state index contributed by atoms with van der Waals surface area (Å²) in [4.78, 5) is 0. The second-order valence-electron chi connectivity index (χ2n) is 4.01. The van der Waals surface area contributed by atoms with Gasteiger partial charge in [0.25, 0.3) is 0 Å². The van der Waals surface area contributed by atoms with Crippen molar-refractivity contribution in [3.8, 4) is 22.6 Å². The van der Waals surface area contributed by atoms with Gasteiger partial charge >= 0.3 is 0 Å². The highest BCUT2D eigenvalue weighted by molar-refractivity contribution is 6.30. The SMILES string of the molecule is COc1cc(-c2ccc(Cl)cc2)ccc1OCCN. The summed E-state index contributed by atoms with van der Waals surface area (Å²) in [7, 11) is 1.62.